The third kappa shape index (κ3) is 3.10. The van der Waals surface area contributed by atoms with Crippen LogP contribution in [0.2, 0.25) is 0 Å². The van der Waals surface area contributed by atoms with Gasteiger partial charge in [-0.15, -0.1) is 10.2 Å². The lowest BCUT2D eigenvalue weighted by molar-refractivity contribution is -0.153. The highest BCUT2D eigenvalue weighted by molar-refractivity contribution is 7.18. The van der Waals surface area contributed by atoms with Gasteiger partial charge in [-0.05, 0) is 19.3 Å². The summed E-state index contributed by atoms with van der Waals surface area (Å²) in [4.78, 5) is 16.9. The molecule has 1 aromatic carbocycles. The summed E-state index contributed by atoms with van der Waals surface area (Å²) in [5.74, 6) is 0.271. The largest absolute Gasteiger partial charge is 0.380 e. The fraction of sp³-hybridized carbons (Fsp3) is 0.526. The van der Waals surface area contributed by atoms with Gasteiger partial charge in [0.1, 0.15) is 5.01 Å². The molecule has 1 aromatic heterocycles. The van der Waals surface area contributed by atoms with E-state index in [0.717, 1.165) is 48.1 Å². The molecule has 2 aliphatic rings. The second kappa shape index (κ2) is 6.96. The molecule has 0 saturated carbocycles. The van der Waals surface area contributed by atoms with Gasteiger partial charge in [0.2, 0.25) is 11.0 Å². The van der Waals surface area contributed by atoms with Gasteiger partial charge in [0, 0.05) is 39.4 Å². The fourth-order valence-corrected chi connectivity index (χ4v) is 5.03. The van der Waals surface area contributed by atoms with Crippen molar-refractivity contribution in [2.24, 2.45) is 5.41 Å². The summed E-state index contributed by atoms with van der Waals surface area (Å²) in [6.45, 7) is 2.36. The highest BCUT2D eigenvalue weighted by atomic mass is 32.1. The van der Waals surface area contributed by atoms with Crippen molar-refractivity contribution in [1.29, 1.82) is 0 Å². The number of likely N-dealkylation sites (N-methyl/N-ethyl adjacent to an activating group) is 1. The molecule has 0 N–H and O–H groups in total. The standard InChI is InChI=1S/C19H24N4O2S/c1-22-13-15(25-2)12-19(17(22)24)8-10-23(11-9-19)18-21-20-16(26-18)14-6-4-3-5-7-14/h3-7,15H,8-13H2,1-2H3. The van der Waals surface area contributed by atoms with E-state index in [4.69, 9.17) is 4.74 Å². The molecule has 4 rings (SSSR count). The van der Waals surface area contributed by atoms with Crippen LogP contribution in [0.3, 0.4) is 0 Å². The Morgan fingerprint density at radius 1 is 1.19 bits per heavy atom. The third-order valence-corrected chi connectivity index (χ3v) is 6.69. The van der Waals surface area contributed by atoms with Crippen molar-refractivity contribution in [3.8, 4) is 10.6 Å². The van der Waals surface area contributed by atoms with E-state index < -0.39 is 0 Å². The number of benzene rings is 1. The van der Waals surface area contributed by atoms with Gasteiger partial charge in [-0.25, -0.2) is 0 Å². The van der Waals surface area contributed by atoms with Crippen LogP contribution < -0.4 is 4.90 Å². The molecule has 6 nitrogen and oxygen atoms in total. The van der Waals surface area contributed by atoms with Crippen LogP contribution in [0.1, 0.15) is 19.3 Å². The van der Waals surface area contributed by atoms with E-state index in [0.29, 0.717) is 6.54 Å². The number of piperidine rings is 2. The zero-order valence-corrected chi connectivity index (χ0v) is 16.0. The zero-order chi connectivity index (χ0) is 18.1. The Hall–Kier alpha value is -1.99. The molecule has 7 heteroatoms. The summed E-state index contributed by atoms with van der Waals surface area (Å²) in [6, 6.07) is 10.1. The molecule has 2 aromatic rings. The molecule has 2 aliphatic heterocycles. The predicted octanol–water partition coefficient (Wildman–Crippen LogP) is 2.67. The molecule has 26 heavy (non-hydrogen) atoms. The quantitative estimate of drug-likeness (QED) is 0.829. The average Bonchev–Trinajstić information content (AvgIpc) is 3.17. The summed E-state index contributed by atoms with van der Waals surface area (Å²) in [5, 5.41) is 10.6. The van der Waals surface area contributed by atoms with E-state index in [2.05, 4.69) is 27.2 Å². The SMILES string of the molecule is COC1CN(C)C(=O)C2(CCN(c3nnc(-c4ccccc4)s3)CC2)C1. The Morgan fingerprint density at radius 2 is 1.92 bits per heavy atom. The van der Waals surface area contributed by atoms with Gasteiger partial charge in [0.25, 0.3) is 0 Å². The van der Waals surface area contributed by atoms with E-state index in [-0.39, 0.29) is 17.4 Å². The smallest absolute Gasteiger partial charge is 0.228 e. The van der Waals surface area contributed by atoms with Gasteiger partial charge in [-0.2, -0.15) is 0 Å². The summed E-state index contributed by atoms with van der Waals surface area (Å²) in [7, 11) is 3.63. The summed E-state index contributed by atoms with van der Waals surface area (Å²) >= 11 is 1.62. The lowest BCUT2D eigenvalue weighted by atomic mass is 9.71. The maximum absolute atomic E-state index is 12.8. The Kier molecular flexibility index (Phi) is 4.67. The number of nitrogens with zero attached hydrogens (tertiary/aromatic N) is 4. The second-order valence-corrected chi connectivity index (χ2v) is 8.23. The number of aromatic nitrogens is 2. The number of hydrogen-bond donors (Lipinski definition) is 0. The molecule has 1 spiro atoms. The van der Waals surface area contributed by atoms with Gasteiger partial charge in [0.15, 0.2) is 0 Å². The monoisotopic (exact) mass is 372 g/mol. The van der Waals surface area contributed by atoms with E-state index in [9.17, 15) is 4.79 Å². The van der Waals surface area contributed by atoms with Crippen molar-refractivity contribution in [3.05, 3.63) is 30.3 Å². The number of anilines is 1. The van der Waals surface area contributed by atoms with E-state index >= 15 is 0 Å². The minimum Gasteiger partial charge on any atom is -0.380 e. The van der Waals surface area contributed by atoms with Crippen molar-refractivity contribution in [1.82, 2.24) is 15.1 Å². The topological polar surface area (TPSA) is 58.6 Å². The van der Waals surface area contributed by atoms with Gasteiger partial charge in [-0.3, -0.25) is 4.79 Å². The Morgan fingerprint density at radius 3 is 2.62 bits per heavy atom. The molecular weight excluding hydrogens is 348 g/mol. The van der Waals surface area contributed by atoms with Crippen LogP contribution in [-0.2, 0) is 9.53 Å². The van der Waals surface area contributed by atoms with Crippen LogP contribution in [-0.4, -0.2) is 60.9 Å². The molecular formula is C19H24N4O2S. The first-order valence-corrected chi connectivity index (χ1v) is 9.85. The highest BCUT2D eigenvalue weighted by Crippen LogP contribution is 2.42. The number of hydrogen-bond acceptors (Lipinski definition) is 6. The van der Waals surface area contributed by atoms with Gasteiger partial charge in [-0.1, -0.05) is 41.7 Å². The lowest BCUT2D eigenvalue weighted by Gasteiger charge is -2.47. The maximum Gasteiger partial charge on any atom is 0.228 e. The molecule has 0 radical (unpaired) electrons. The average molecular weight is 372 g/mol. The van der Waals surface area contributed by atoms with Crippen LogP contribution in [0.4, 0.5) is 5.13 Å². The maximum atomic E-state index is 12.8. The summed E-state index contributed by atoms with van der Waals surface area (Å²) in [6.07, 6.45) is 2.65. The lowest BCUT2D eigenvalue weighted by Crippen LogP contribution is -2.56. The van der Waals surface area contributed by atoms with Crippen LogP contribution in [0, 0.1) is 5.41 Å². The highest BCUT2D eigenvalue weighted by Gasteiger charge is 2.48. The molecule has 3 heterocycles. The number of amides is 1. The van der Waals surface area contributed by atoms with Gasteiger partial charge in [0.05, 0.1) is 11.5 Å². The van der Waals surface area contributed by atoms with Gasteiger partial charge >= 0.3 is 0 Å². The molecule has 2 fully saturated rings. The first kappa shape index (κ1) is 17.4. The van der Waals surface area contributed by atoms with E-state index in [1.807, 2.05) is 30.1 Å². The molecule has 1 unspecified atom stereocenters. The molecule has 1 atom stereocenters. The van der Waals surface area contributed by atoms with Crippen molar-refractivity contribution in [2.75, 3.05) is 38.7 Å². The molecule has 2 saturated heterocycles. The van der Waals surface area contributed by atoms with Gasteiger partial charge < -0.3 is 14.5 Å². The fourth-order valence-electron chi connectivity index (χ4n) is 4.12. The molecule has 138 valence electrons. The van der Waals surface area contributed by atoms with E-state index in [1.165, 1.54) is 0 Å². The van der Waals surface area contributed by atoms with E-state index in [1.54, 1.807) is 18.4 Å². The van der Waals surface area contributed by atoms with Crippen LogP contribution in [0.25, 0.3) is 10.6 Å². The van der Waals surface area contributed by atoms with Crippen molar-refractivity contribution in [3.63, 3.8) is 0 Å². The Labute approximate surface area is 157 Å². The predicted molar refractivity (Wildman–Crippen MR) is 102 cm³/mol. The first-order chi connectivity index (χ1) is 12.6. The first-order valence-electron chi connectivity index (χ1n) is 9.03. The second-order valence-electron chi connectivity index (χ2n) is 7.27. The Balaban J connectivity index is 1.47. The number of carbonyl (C=O) groups excluding carboxylic acids is 1. The van der Waals surface area contributed by atoms with Crippen LogP contribution >= 0.6 is 11.3 Å². The number of rotatable bonds is 3. The van der Waals surface area contributed by atoms with Crippen molar-refractivity contribution < 1.29 is 9.53 Å². The Bertz CT molecular complexity index is 771. The van der Waals surface area contributed by atoms with Crippen molar-refractivity contribution >= 4 is 22.4 Å². The number of methoxy groups -OCH3 is 1. The summed E-state index contributed by atoms with van der Waals surface area (Å²) in [5.41, 5.74) is 0.814. The number of carbonyl (C=O) groups is 1. The van der Waals surface area contributed by atoms with Crippen molar-refractivity contribution in [2.45, 2.75) is 25.4 Å². The number of likely N-dealkylation sites (tertiary alicyclic amines) is 1. The van der Waals surface area contributed by atoms with Crippen LogP contribution in [0.5, 0.6) is 0 Å². The minimum atomic E-state index is -0.281. The normalized spacial score (nSPS) is 22.8. The van der Waals surface area contributed by atoms with Crippen LogP contribution in [0.15, 0.2) is 30.3 Å². The minimum absolute atomic E-state index is 0.135. The molecule has 0 bridgehead atoms. The molecule has 1 amide bonds. The zero-order valence-electron chi connectivity index (χ0n) is 15.2. The molecule has 0 aliphatic carbocycles. The number of ether oxygens (including phenoxy) is 1. The third-order valence-electron chi connectivity index (χ3n) is 5.66. The summed E-state index contributed by atoms with van der Waals surface area (Å²) < 4.78 is 5.57.